The number of rotatable bonds is 4. The Kier molecular flexibility index (Phi) is 4.92. The Morgan fingerprint density at radius 2 is 1.72 bits per heavy atom. The number of nitrogens with one attached hydrogen (secondary N) is 1. The molecule has 0 aliphatic carbocycles. The van der Waals surface area contributed by atoms with Gasteiger partial charge in [0.15, 0.2) is 0 Å². The van der Waals surface area contributed by atoms with Crippen molar-refractivity contribution in [3.63, 3.8) is 0 Å². The van der Waals surface area contributed by atoms with Crippen LogP contribution in [0, 0.1) is 13.8 Å². The molecule has 0 saturated carbocycles. The maximum atomic E-state index is 12.4. The Labute approximate surface area is 112 Å². The molecule has 102 valence electrons. The molecule has 0 saturated heterocycles. The van der Waals surface area contributed by atoms with Crippen LogP contribution in [-0.4, -0.2) is 31.6 Å². The van der Waals surface area contributed by atoms with Crippen molar-refractivity contribution in [1.29, 1.82) is 0 Å². The zero-order valence-electron chi connectivity index (χ0n) is 12.4. The minimum absolute atomic E-state index is 0.177. The van der Waals surface area contributed by atoms with E-state index in [0.29, 0.717) is 0 Å². The first-order valence-electron chi connectivity index (χ1n) is 6.64. The zero-order chi connectivity index (χ0) is 13.9. The standard InChI is InChI=1S/C15H26NOP/c1-7-13(18(4,5)6)15(17)16-14-11(2)9-8-10-12(14)3/h8-10,13,18H,7H2,1-6H3,(H,16,17). The fourth-order valence-electron chi connectivity index (χ4n) is 2.41. The monoisotopic (exact) mass is 267 g/mol. The normalized spacial score (nSPS) is 14.1. The van der Waals surface area contributed by atoms with Crippen molar-refractivity contribution >= 4 is 18.9 Å². The molecule has 2 nitrogen and oxygen atoms in total. The van der Waals surface area contributed by atoms with E-state index in [-0.39, 0.29) is 11.6 Å². The summed E-state index contributed by atoms with van der Waals surface area (Å²) in [5, 5.41) is 3.13. The average molecular weight is 267 g/mol. The van der Waals surface area contributed by atoms with Gasteiger partial charge in [0.1, 0.15) is 0 Å². The Morgan fingerprint density at radius 1 is 1.22 bits per heavy atom. The van der Waals surface area contributed by atoms with Crippen LogP contribution in [0.15, 0.2) is 18.2 Å². The summed E-state index contributed by atoms with van der Waals surface area (Å²) in [7, 11) is -1.45. The Bertz CT molecular complexity index is 414. The maximum absolute atomic E-state index is 12.4. The first-order valence-corrected chi connectivity index (χ1v) is 10.2. The van der Waals surface area contributed by atoms with Gasteiger partial charge >= 0.3 is 111 Å². The van der Waals surface area contributed by atoms with Gasteiger partial charge in [-0.25, -0.2) is 0 Å². The van der Waals surface area contributed by atoms with Crippen LogP contribution in [0.1, 0.15) is 24.5 Å². The predicted octanol–water partition coefficient (Wildman–Crippen LogP) is 3.66. The van der Waals surface area contributed by atoms with Gasteiger partial charge in [-0.15, -0.1) is 0 Å². The van der Waals surface area contributed by atoms with E-state index in [0.717, 1.165) is 23.2 Å². The van der Waals surface area contributed by atoms with E-state index < -0.39 is 7.26 Å². The second-order valence-electron chi connectivity index (χ2n) is 6.08. The van der Waals surface area contributed by atoms with Crippen LogP contribution in [-0.2, 0) is 4.79 Å². The number of para-hydroxylation sites is 1. The molecule has 1 aromatic carbocycles. The van der Waals surface area contributed by atoms with Crippen molar-refractivity contribution in [2.75, 3.05) is 25.3 Å². The van der Waals surface area contributed by atoms with Crippen molar-refractivity contribution in [2.45, 2.75) is 32.9 Å². The van der Waals surface area contributed by atoms with Crippen LogP contribution in [0.5, 0.6) is 0 Å². The van der Waals surface area contributed by atoms with Gasteiger partial charge in [-0.1, -0.05) is 0 Å². The van der Waals surface area contributed by atoms with E-state index in [2.05, 4.69) is 32.2 Å². The Balaban J connectivity index is 2.94. The summed E-state index contributed by atoms with van der Waals surface area (Å²) < 4.78 is 0. The quantitative estimate of drug-likeness (QED) is 0.829. The van der Waals surface area contributed by atoms with Crippen molar-refractivity contribution in [2.24, 2.45) is 0 Å². The molecule has 0 radical (unpaired) electrons. The third kappa shape index (κ3) is 3.55. The molecule has 1 amide bonds. The molecule has 0 aromatic heterocycles. The van der Waals surface area contributed by atoms with Crippen LogP contribution >= 0.6 is 7.26 Å². The number of carbonyl (C=O) groups is 1. The molecule has 18 heavy (non-hydrogen) atoms. The summed E-state index contributed by atoms with van der Waals surface area (Å²) in [5.41, 5.74) is 3.43. The van der Waals surface area contributed by atoms with Gasteiger partial charge in [-0.3, -0.25) is 0 Å². The number of aryl methyl sites for hydroxylation is 2. The molecule has 0 heterocycles. The van der Waals surface area contributed by atoms with Crippen LogP contribution in [0.3, 0.4) is 0 Å². The minimum atomic E-state index is -1.45. The van der Waals surface area contributed by atoms with Crippen molar-refractivity contribution in [1.82, 2.24) is 0 Å². The molecular formula is C15H26NOP. The Morgan fingerprint density at radius 3 is 2.11 bits per heavy atom. The van der Waals surface area contributed by atoms with Gasteiger partial charge in [0.05, 0.1) is 0 Å². The molecular weight excluding hydrogens is 241 g/mol. The molecule has 1 unspecified atom stereocenters. The van der Waals surface area contributed by atoms with E-state index in [9.17, 15) is 4.79 Å². The predicted molar refractivity (Wildman–Crippen MR) is 84.7 cm³/mol. The van der Waals surface area contributed by atoms with Crippen molar-refractivity contribution < 1.29 is 4.79 Å². The van der Waals surface area contributed by atoms with Gasteiger partial charge in [0.25, 0.3) is 0 Å². The number of benzene rings is 1. The van der Waals surface area contributed by atoms with Gasteiger partial charge in [0.2, 0.25) is 0 Å². The van der Waals surface area contributed by atoms with E-state index in [1.807, 2.05) is 32.0 Å². The number of hydrogen-bond acceptors (Lipinski definition) is 1. The average Bonchev–Trinajstić information content (AvgIpc) is 2.22. The van der Waals surface area contributed by atoms with Gasteiger partial charge in [-0.05, 0) is 0 Å². The molecule has 1 rings (SSSR count). The second-order valence-corrected chi connectivity index (χ2v) is 11.5. The molecule has 1 N–H and O–H groups in total. The summed E-state index contributed by atoms with van der Waals surface area (Å²) in [5.74, 6) is 0.189. The van der Waals surface area contributed by atoms with E-state index in [4.69, 9.17) is 0 Å². The summed E-state index contributed by atoms with van der Waals surface area (Å²) in [6.07, 6.45) is 0.923. The molecule has 3 heteroatoms. The van der Waals surface area contributed by atoms with Crippen LogP contribution in [0.2, 0.25) is 0 Å². The summed E-state index contributed by atoms with van der Waals surface area (Å²) in [6, 6.07) is 6.10. The first-order chi connectivity index (χ1) is 8.27. The number of anilines is 1. The molecule has 0 aliphatic rings. The SMILES string of the molecule is CCC(C(=O)Nc1c(C)cccc1C)[PH](C)(C)C. The molecule has 1 aromatic rings. The van der Waals surface area contributed by atoms with E-state index >= 15 is 0 Å². The van der Waals surface area contributed by atoms with Gasteiger partial charge in [-0.2, -0.15) is 0 Å². The molecule has 0 spiro atoms. The summed E-state index contributed by atoms with van der Waals surface area (Å²) in [6.45, 7) is 13.0. The summed E-state index contributed by atoms with van der Waals surface area (Å²) in [4.78, 5) is 12.4. The molecule has 0 aliphatic heterocycles. The molecule has 0 fully saturated rings. The number of hydrogen-bond donors (Lipinski definition) is 1. The van der Waals surface area contributed by atoms with Gasteiger partial charge < -0.3 is 0 Å². The van der Waals surface area contributed by atoms with E-state index in [1.165, 1.54) is 0 Å². The van der Waals surface area contributed by atoms with Crippen LogP contribution in [0.25, 0.3) is 0 Å². The van der Waals surface area contributed by atoms with Crippen LogP contribution in [0.4, 0.5) is 5.69 Å². The van der Waals surface area contributed by atoms with E-state index in [1.54, 1.807) is 0 Å². The molecule has 1 atom stereocenters. The fraction of sp³-hybridized carbons (Fsp3) is 0.533. The third-order valence-electron chi connectivity index (χ3n) is 3.50. The number of amides is 1. The van der Waals surface area contributed by atoms with Crippen molar-refractivity contribution in [3.8, 4) is 0 Å². The first kappa shape index (κ1) is 15.2. The topological polar surface area (TPSA) is 29.1 Å². The second kappa shape index (κ2) is 5.84. The fourth-order valence-corrected chi connectivity index (χ4v) is 4.50. The molecule has 0 bridgehead atoms. The van der Waals surface area contributed by atoms with Crippen LogP contribution < -0.4 is 5.32 Å². The zero-order valence-corrected chi connectivity index (χ0v) is 13.4. The van der Waals surface area contributed by atoms with Gasteiger partial charge in [0, 0.05) is 0 Å². The Hall–Kier alpha value is -0.880. The number of carbonyl (C=O) groups excluding carboxylic acids is 1. The summed E-state index contributed by atoms with van der Waals surface area (Å²) >= 11 is 0. The third-order valence-corrected chi connectivity index (χ3v) is 6.26. The van der Waals surface area contributed by atoms with Crippen molar-refractivity contribution in [3.05, 3.63) is 29.3 Å².